The summed E-state index contributed by atoms with van der Waals surface area (Å²) in [7, 11) is 0. The van der Waals surface area contributed by atoms with Crippen LogP contribution in [-0.4, -0.2) is 10.1 Å². The van der Waals surface area contributed by atoms with E-state index < -0.39 is 0 Å². The minimum Gasteiger partial charge on any atom is -0.506 e. The van der Waals surface area contributed by atoms with E-state index >= 15 is 0 Å². The standard InChI is InChI=1S/C12H12BrNO/c1-2-4-10-11(15)7-8-5-3-6-9(13)12(8)14-10/h3,5-7,15H,2,4H2,1H3. The van der Waals surface area contributed by atoms with Crippen molar-refractivity contribution in [2.75, 3.05) is 0 Å². The summed E-state index contributed by atoms with van der Waals surface area (Å²) in [4.78, 5) is 4.47. The minimum absolute atomic E-state index is 0.294. The van der Waals surface area contributed by atoms with Crippen molar-refractivity contribution in [3.8, 4) is 5.75 Å². The van der Waals surface area contributed by atoms with Gasteiger partial charge in [0.15, 0.2) is 0 Å². The normalized spacial score (nSPS) is 10.8. The number of aryl methyl sites for hydroxylation is 1. The summed E-state index contributed by atoms with van der Waals surface area (Å²) in [5, 5.41) is 10.7. The molecule has 0 radical (unpaired) electrons. The number of hydrogen-bond acceptors (Lipinski definition) is 2. The Balaban J connectivity index is 2.66. The Labute approximate surface area is 97.1 Å². The van der Waals surface area contributed by atoms with E-state index in [2.05, 4.69) is 27.8 Å². The highest BCUT2D eigenvalue weighted by Crippen LogP contribution is 2.27. The molecule has 0 bridgehead atoms. The Kier molecular flexibility index (Phi) is 2.91. The van der Waals surface area contributed by atoms with Gasteiger partial charge in [0.2, 0.25) is 0 Å². The number of para-hydroxylation sites is 1. The number of hydrogen-bond donors (Lipinski definition) is 1. The third-order valence-electron chi connectivity index (χ3n) is 2.34. The third kappa shape index (κ3) is 1.97. The Morgan fingerprint density at radius 2 is 2.20 bits per heavy atom. The summed E-state index contributed by atoms with van der Waals surface area (Å²) in [6.45, 7) is 2.07. The Hall–Kier alpha value is -1.09. The zero-order valence-corrected chi connectivity index (χ0v) is 10.1. The van der Waals surface area contributed by atoms with Gasteiger partial charge in [-0.15, -0.1) is 0 Å². The molecule has 1 N–H and O–H groups in total. The molecule has 2 aromatic rings. The van der Waals surface area contributed by atoms with Crippen LogP contribution in [0.15, 0.2) is 28.7 Å². The maximum atomic E-state index is 9.75. The molecule has 1 aromatic carbocycles. The number of aromatic nitrogens is 1. The molecule has 1 heterocycles. The predicted octanol–water partition coefficient (Wildman–Crippen LogP) is 3.66. The van der Waals surface area contributed by atoms with Crippen LogP contribution < -0.4 is 0 Å². The lowest BCUT2D eigenvalue weighted by molar-refractivity contribution is 0.465. The van der Waals surface area contributed by atoms with Gasteiger partial charge >= 0.3 is 0 Å². The van der Waals surface area contributed by atoms with Gasteiger partial charge in [-0.25, -0.2) is 4.98 Å². The van der Waals surface area contributed by atoms with Crippen molar-refractivity contribution in [2.45, 2.75) is 19.8 Å². The van der Waals surface area contributed by atoms with Gasteiger partial charge in [-0.2, -0.15) is 0 Å². The van der Waals surface area contributed by atoms with Gasteiger partial charge in [-0.3, -0.25) is 0 Å². The van der Waals surface area contributed by atoms with Crippen LogP contribution >= 0.6 is 15.9 Å². The molecule has 78 valence electrons. The number of benzene rings is 1. The fourth-order valence-corrected chi connectivity index (χ4v) is 2.08. The number of rotatable bonds is 2. The van der Waals surface area contributed by atoms with E-state index in [0.29, 0.717) is 5.75 Å². The van der Waals surface area contributed by atoms with Crippen molar-refractivity contribution < 1.29 is 5.11 Å². The molecule has 0 aliphatic heterocycles. The highest BCUT2D eigenvalue weighted by atomic mass is 79.9. The smallest absolute Gasteiger partial charge is 0.137 e. The summed E-state index contributed by atoms with van der Waals surface area (Å²) < 4.78 is 0.970. The maximum absolute atomic E-state index is 9.75. The number of pyridine rings is 1. The van der Waals surface area contributed by atoms with Crippen LogP contribution in [0.4, 0.5) is 0 Å². The summed E-state index contributed by atoms with van der Waals surface area (Å²) in [6, 6.07) is 7.62. The van der Waals surface area contributed by atoms with E-state index in [1.165, 1.54) is 0 Å². The second-order valence-electron chi connectivity index (χ2n) is 3.52. The molecule has 2 nitrogen and oxygen atoms in total. The lowest BCUT2D eigenvalue weighted by Gasteiger charge is -2.05. The van der Waals surface area contributed by atoms with E-state index in [1.54, 1.807) is 6.07 Å². The highest BCUT2D eigenvalue weighted by molar-refractivity contribution is 9.10. The predicted molar refractivity (Wildman–Crippen MR) is 65.1 cm³/mol. The van der Waals surface area contributed by atoms with Gasteiger partial charge in [0, 0.05) is 9.86 Å². The van der Waals surface area contributed by atoms with E-state index in [0.717, 1.165) is 33.9 Å². The van der Waals surface area contributed by atoms with Crippen LogP contribution in [-0.2, 0) is 6.42 Å². The van der Waals surface area contributed by atoms with Gasteiger partial charge in [0.25, 0.3) is 0 Å². The van der Waals surface area contributed by atoms with Gasteiger partial charge < -0.3 is 5.11 Å². The maximum Gasteiger partial charge on any atom is 0.137 e. The molecule has 0 aliphatic rings. The van der Waals surface area contributed by atoms with E-state index in [-0.39, 0.29) is 0 Å². The number of fused-ring (bicyclic) bond motifs is 1. The highest BCUT2D eigenvalue weighted by Gasteiger charge is 2.06. The molecular formula is C12H12BrNO. The largest absolute Gasteiger partial charge is 0.506 e. The van der Waals surface area contributed by atoms with Gasteiger partial charge in [0.05, 0.1) is 11.2 Å². The van der Waals surface area contributed by atoms with Gasteiger partial charge in [-0.1, -0.05) is 25.5 Å². The lowest BCUT2D eigenvalue weighted by Crippen LogP contribution is -1.91. The lowest BCUT2D eigenvalue weighted by atomic mass is 10.1. The van der Waals surface area contributed by atoms with Crippen LogP contribution in [0.5, 0.6) is 5.75 Å². The van der Waals surface area contributed by atoms with Crippen molar-refractivity contribution in [1.29, 1.82) is 0 Å². The van der Waals surface area contributed by atoms with Crippen LogP contribution in [0.25, 0.3) is 10.9 Å². The van der Waals surface area contributed by atoms with E-state index in [4.69, 9.17) is 0 Å². The fourth-order valence-electron chi connectivity index (χ4n) is 1.61. The number of halogens is 1. The monoisotopic (exact) mass is 265 g/mol. The quantitative estimate of drug-likeness (QED) is 0.899. The molecule has 3 heteroatoms. The minimum atomic E-state index is 0.294. The molecule has 15 heavy (non-hydrogen) atoms. The van der Waals surface area contributed by atoms with Crippen LogP contribution in [0.3, 0.4) is 0 Å². The average Bonchev–Trinajstić information content (AvgIpc) is 2.21. The molecule has 0 atom stereocenters. The van der Waals surface area contributed by atoms with Gasteiger partial charge in [-0.05, 0) is 34.5 Å². The van der Waals surface area contributed by atoms with Crippen LogP contribution in [0.1, 0.15) is 19.0 Å². The molecular weight excluding hydrogens is 254 g/mol. The second-order valence-corrected chi connectivity index (χ2v) is 4.37. The van der Waals surface area contributed by atoms with Crippen molar-refractivity contribution in [1.82, 2.24) is 4.98 Å². The van der Waals surface area contributed by atoms with Crippen molar-refractivity contribution in [3.05, 3.63) is 34.4 Å². The molecule has 1 aromatic heterocycles. The number of aromatic hydroxyl groups is 1. The summed E-state index contributed by atoms with van der Waals surface area (Å²) in [6.07, 6.45) is 1.79. The molecule has 0 spiro atoms. The van der Waals surface area contributed by atoms with Crippen molar-refractivity contribution in [3.63, 3.8) is 0 Å². The van der Waals surface area contributed by atoms with E-state index in [9.17, 15) is 5.11 Å². The first-order valence-corrected chi connectivity index (χ1v) is 5.78. The Morgan fingerprint density at radius 3 is 2.93 bits per heavy atom. The molecule has 0 saturated carbocycles. The zero-order chi connectivity index (χ0) is 10.8. The summed E-state index contributed by atoms with van der Waals surface area (Å²) in [5.41, 5.74) is 1.69. The van der Waals surface area contributed by atoms with Gasteiger partial charge in [0.1, 0.15) is 5.75 Å². The molecule has 0 saturated heterocycles. The molecule has 0 fully saturated rings. The first kappa shape index (κ1) is 10.4. The first-order valence-electron chi connectivity index (χ1n) is 4.99. The molecule has 0 unspecified atom stereocenters. The second kappa shape index (κ2) is 4.19. The van der Waals surface area contributed by atoms with Crippen LogP contribution in [0, 0.1) is 0 Å². The summed E-state index contributed by atoms with van der Waals surface area (Å²) in [5.74, 6) is 0.294. The topological polar surface area (TPSA) is 33.1 Å². The number of nitrogens with zero attached hydrogens (tertiary/aromatic N) is 1. The summed E-state index contributed by atoms with van der Waals surface area (Å²) >= 11 is 3.46. The molecule has 0 amide bonds. The van der Waals surface area contributed by atoms with Crippen molar-refractivity contribution in [2.24, 2.45) is 0 Å². The Bertz CT molecular complexity index is 496. The fraction of sp³-hybridized carbons (Fsp3) is 0.250. The average molecular weight is 266 g/mol. The SMILES string of the molecule is CCCc1nc2c(Br)cccc2cc1O. The Morgan fingerprint density at radius 1 is 1.40 bits per heavy atom. The zero-order valence-electron chi connectivity index (χ0n) is 8.50. The molecule has 0 aliphatic carbocycles. The van der Waals surface area contributed by atoms with Crippen molar-refractivity contribution >= 4 is 26.8 Å². The first-order chi connectivity index (χ1) is 7.22. The molecule has 2 rings (SSSR count). The third-order valence-corrected chi connectivity index (χ3v) is 2.98. The van der Waals surface area contributed by atoms with Crippen LogP contribution in [0.2, 0.25) is 0 Å². The van der Waals surface area contributed by atoms with E-state index in [1.807, 2.05) is 18.2 Å².